The van der Waals surface area contributed by atoms with Crippen LogP contribution in [0.5, 0.6) is 0 Å². The molecule has 0 saturated heterocycles. The van der Waals surface area contributed by atoms with Gasteiger partial charge in [-0.25, -0.2) is 13.1 Å². The maximum Gasteiger partial charge on any atom is 0.212 e. The lowest BCUT2D eigenvalue weighted by molar-refractivity contribution is 0.578. The molecule has 1 aliphatic heterocycles. The van der Waals surface area contributed by atoms with Crippen LogP contribution >= 0.6 is 0 Å². The molecule has 1 aliphatic rings. The Balaban J connectivity index is 1.81. The summed E-state index contributed by atoms with van der Waals surface area (Å²) >= 11 is 0. The molecule has 1 aromatic carbocycles. The summed E-state index contributed by atoms with van der Waals surface area (Å²) in [6.07, 6.45) is 1.09. The maximum absolute atomic E-state index is 11.5. The number of hydrogen-bond donors (Lipinski definition) is 2. The summed E-state index contributed by atoms with van der Waals surface area (Å²) in [5, 5.41) is 3.19. The predicted octanol–water partition coefficient (Wildman–Crippen LogP) is 0.708. The van der Waals surface area contributed by atoms with Gasteiger partial charge in [0.2, 0.25) is 10.0 Å². The van der Waals surface area contributed by atoms with Crippen LogP contribution < -0.4 is 14.9 Å². The quantitative estimate of drug-likeness (QED) is 0.728. The third-order valence-electron chi connectivity index (χ3n) is 3.51. The molecule has 20 heavy (non-hydrogen) atoms. The maximum atomic E-state index is 11.5. The topological polar surface area (TPSA) is 61.4 Å². The van der Waals surface area contributed by atoms with E-state index in [1.165, 1.54) is 16.8 Å². The first kappa shape index (κ1) is 15.3. The van der Waals surface area contributed by atoms with E-state index >= 15 is 0 Å². The average molecular weight is 297 g/mol. The minimum atomic E-state index is -3.12. The second kappa shape index (κ2) is 6.56. The fraction of sp³-hybridized carbons (Fsp3) is 0.571. The third kappa shape index (κ3) is 3.94. The van der Waals surface area contributed by atoms with E-state index in [9.17, 15) is 8.42 Å². The molecule has 2 N–H and O–H groups in total. The van der Waals surface area contributed by atoms with E-state index in [1.54, 1.807) is 6.92 Å². The van der Waals surface area contributed by atoms with Gasteiger partial charge >= 0.3 is 0 Å². The number of fused-ring (bicyclic) bond motifs is 1. The molecule has 112 valence electrons. The first-order valence-corrected chi connectivity index (χ1v) is 8.68. The van der Waals surface area contributed by atoms with Crippen LogP contribution in [0.2, 0.25) is 0 Å². The number of anilines is 1. The second-order valence-electron chi connectivity index (χ2n) is 5.13. The molecule has 1 heterocycles. The molecule has 5 nitrogen and oxygen atoms in total. The van der Waals surface area contributed by atoms with Crippen LogP contribution in [0.1, 0.15) is 18.1 Å². The molecule has 1 aromatic rings. The lowest BCUT2D eigenvalue weighted by Crippen LogP contribution is -2.31. The van der Waals surface area contributed by atoms with Crippen molar-refractivity contribution >= 4 is 15.7 Å². The van der Waals surface area contributed by atoms with E-state index in [-0.39, 0.29) is 5.75 Å². The Morgan fingerprint density at radius 3 is 2.90 bits per heavy atom. The Kier molecular flexibility index (Phi) is 5.01. The van der Waals surface area contributed by atoms with E-state index in [0.29, 0.717) is 19.6 Å². The lowest BCUT2D eigenvalue weighted by atomic mass is 10.1. The van der Waals surface area contributed by atoms with Gasteiger partial charge in [0.15, 0.2) is 0 Å². The number of nitrogens with one attached hydrogen (secondary N) is 2. The van der Waals surface area contributed by atoms with Crippen molar-refractivity contribution in [2.45, 2.75) is 19.9 Å². The highest BCUT2D eigenvalue weighted by Crippen LogP contribution is 2.27. The minimum Gasteiger partial charge on any atom is -0.374 e. The van der Waals surface area contributed by atoms with Gasteiger partial charge < -0.3 is 10.2 Å². The summed E-state index contributed by atoms with van der Waals surface area (Å²) < 4.78 is 25.4. The number of sulfonamides is 1. The van der Waals surface area contributed by atoms with Crippen LogP contribution in [0.25, 0.3) is 0 Å². The highest BCUT2D eigenvalue weighted by atomic mass is 32.2. The predicted molar refractivity (Wildman–Crippen MR) is 82.6 cm³/mol. The molecule has 0 unspecified atom stereocenters. The van der Waals surface area contributed by atoms with Gasteiger partial charge in [0.1, 0.15) is 0 Å². The van der Waals surface area contributed by atoms with E-state index < -0.39 is 10.0 Å². The highest BCUT2D eigenvalue weighted by Gasteiger charge is 2.15. The number of likely N-dealkylation sites (N-methyl/N-ethyl adjacent to an activating group) is 1. The lowest BCUT2D eigenvalue weighted by Gasteiger charge is -2.12. The van der Waals surface area contributed by atoms with Crippen molar-refractivity contribution in [2.24, 2.45) is 0 Å². The molecule has 0 radical (unpaired) electrons. The van der Waals surface area contributed by atoms with Gasteiger partial charge in [-0.1, -0.05) is 19.1 Å². The summed E-state index contributed by atoms with van der Waals surface area (Å²) in [5.74, 6) is 0.120. The Morgan fingerprint density at radius 1 is 1.35 bits per heavy atom. The summed E-state index contributed by atoms with van der Waals surface area (Å²) in [6.45, 7) is 4.48. The van der Waals surface area contributed by atoms with E-state index in [2.05, 4.69) is 40.2 Å². The first-order valence-electron chi connectivity index (χ1n) is 7.03. The van der Waals surface area contributed by atoms with Crippen LogP contribution in [-0.4, -0.2) is 40.9 Å². The Bertz CT molecular complexity index is 558. The van der Waals surface area contributed by atoms with E-state index in [4.69, 9.17) is 0 Å². The fourth-order valence-corrected chi connectivity index (χ4v) is 3.46. The van der Waals surface area contributed by atoms with Gasteiger partial charge in [-0.15, -0.1) is 0 Å². The zero-order valence-corrected chi connectivity index (χ0v) is 13.0. The van der Waals surface area contributed by atoms with Gasteiger partial charge in [-0.3, -0.25) is 0 Å². The molecule has 0 aromatic heterocycles. The van der Waals surface area contributed by atoms with Crippen molar-refractivity contribution in [3.63, 3.8) is 0 Å². The molecule has 0 spiro atoms. The molecule has 0 aliphatic carbocycles. The van der Waals surface area contributed by atoms with Gasteiger partial charge in [0.25, 0.3) is 0 Å². The van der Waals surface area contributed by atoms with Crippen molar-refractivity contribution in [2.75, 3.05) is 37.3 Å². The van der Waals surface area contributed by atoms with E-state index in [0.717, 1.165) is 13.0 Å². The minimum absolute atomic E-state index is 0.120. The third-order valence-corrected chi connectivity index (χ3v) is 4.98. The Morgan fingerprint density at radius 2 is 2.15 bits per heavy atom. The Hall–Kier alpha value is -1.11. The van der Waals surface area contributed by atoms with Crippen LogP contribution in [0.15, 0.2) is 18.2 Å². The molecule has 0 saturated carbocycles. The summed E-state index contributed by atoms with van der Waals surface area (Å²) in [5.41, 5.74) is 3.90. The number of hydrogen-bond acceptors (Lipinski definition) is 4. The zero-order chi connectivity index (χ0) is 14.6. The van der Waals surface area contributed by atoms with Crippen molar-refractivity contribution in [3.8, 4) is 0 Å². The molecule has 0 bridgehead atoms. The Labute approximate surface area is 121 Å². The van der Waals surface area contributed by atoms with Gasteiger partial charge in [-0.05, 0) is 23.6 Å². The van der Waals surface area contributed by atoms with Crippen molar-refractivity contribution in [3.05, 3.63) is 29.3 Å². The summed E-state index contributed by atoms with van der Waals surface area (Å²) in [7, 11) is -1.02. The summed E-state index contributed by atoms with van der Waals surface area (Å²) in [6, 6.07) is 6.46. The largest absolute Gasteiger partial charge is 0.374 e. The van der Waals surface area contributed by atoms with Crippen molar-refractivity contribution in [1.82, 2.24) is 10.0 Å². The van der Waals surface area contributed by atoms with Crippen LogP contribution in [0.4, 0.5) is 5.69 Å². The molecule has 0 atom stereocenters. The van der Waals surface area contributed by atoms with Gasteiger partial charge in [0, 0.05) is 38.9 Å². The van der Waals surface area contributed by atoms with Crippen LogP contribution in [0.3, 0.4) is 0 Å². The van der Waals surface area contributed by atoms with Gasteiger partial charge in [0.05, 0.1) is 5.75 Å². The molecule has 2 rings (SSSR count). The molecule has 0 amide bonds. The first-order chi connectivity index (χ1) is 9.52. The number of benzene rings is 1. The van der Waals surface area contributed by atoms with Gasteiger partial charge in [-0.2, -0.15) is 0 Å². The molecule has 6 heteroatoms. The standard InChI is InChI=1S/C14H23N3O2S/c1-3-16-20(18,19)9-7-15-11-12-4-5-14-13(10-12)6-8-17(14)2/h4-5,10,15-16H,3,6-9,11H2,1-2H3. The van der Waals surface area contributed by atoms with Crippen LogP contribution in [-0.2, 0) is 23.0 Å². The molecule has 0 fully saturated rings. The number of nitrogens with zero attached hydrogens (tertiary/aromatic N) is 1. The highest BCUT2D eigenvalue weighted by molar-refractivity contribution is 7.89. The normalized spacial score (nSPS) is 14.6. The monoisotopic (exact) mass is 297 g/mol. The summed E-state index contributed by atoms with van der Waals surface area (Å²) in [4.78, 5) is 2.26. The average Bonchev–Trinajstić information content (AvgIpc) is 2.76. The van der Waals surface area contributed by atoms with Crippen molar-refractivity contribution in [1.29, 1.82) is 0 Å². The SMILES string of the molecule is CCNS(=O)(=O)CCNCc1ccc2c(c1)CCN2C. The molecular formula is C14H23N3O2S. The molecular weight excluding hydrogens is 274 g/mol. The van der Waals surface area contributed by atoms with Crippen LogP contribution in [0, 0.1) is 0 Å². The smallest absolute Gasteiger partial charge is 0.212 e. The zero-order valence-electron chi connectivity index (χ0n) is 12.1. The number of rotatable bonds is 7. The second-order valence-corrected chi connectivity index (χ2v) is 7.05. The fourth-order valence-electron chi connectivity index (χ4n) is 2.46. The van der Waals surface area contributed by atoms with Crippen molar-refractivity contribution < 1.29 is 8.42 Å². The van der Waals surface area contributed by atoms with E-state index in [1.807, 2.05) is 0 Å².